The van der Waals surface area contributed by atoms with Crippen molar-refractivity contribution in [2.24, 2.45) is 5.73 Å². The Morgan fingerprint density at radius 2 is 2.00 bits per heavy atom. The van der Waals surface area contributed by atoms with Gasteiger partial charge in [-0.05, 0) is 32.0 Å². The summed E-state index contributed by atoms with van der Waals surface area (Å²) >= 11 is 0. The van der Waals surface area contributed by atoms with Crippen molar-refractivity contribution in [3.63, 3.8) is 0 Å². The van der Waals surface area contributed by atoms with Crippen LogP contribution in [0.1, 0.15) is 18.2 Å². The molecule has 0 unspecified atom stereocenters. The fraction of sp³-hybridized carbons (Fsp3) is 0.267. The van der Waals surface area contributed by atoms with Gasteiger partial charge in [0.25, 0.3) is 0 Å². The second kappa shape index (κ2) is 5.80. The second-order valence-corrected chi connectivity index (χ2v) is 4.35. The fourth-order valence-corrected chi connectivity index (χ4v) is 2.12. The van der Waals surface area contributed by atoms with Crippen LogP contribution in [-0.4, -0.2) is 11.5 Å². The van der Waals surface area contributed by atoms with E-state index in [1.54, 1.807) is 18.3 Å². The van der Waals surface area contributed by atoms with Crippen molar-refractivity contribution in [3.05, 3.63) is 53.6 Å². The van der Waals surface area contributed by atoms with Crippen molar-refractivity contribution >= 4 is 11.4 Å². The summed E-state index contributed by atoms with van der Waals surface area (Å²) in [4.78, 5) is 6.17. The highest BCUT2D eigenvalue weighted by atomic mass is 19.1. The molecule has 0 aliphatic carbocycles. The molecule has 0 aliphatic rings. The smallest absolute Gasteiger partial charge is 0.146 e. The number of halogens is 1. The zero-order valence-electron chi connectivity index (χ0n) is 11.2. The number of para-hydroxylation sites is 1. The van der Waals surface area contributed by atoms with Crippen LogP contribution in [0.3, 0.4) is 0 Å². The molecule has 1 aromatic heterocycles. The lowest BCUT2D eigenvalue weighted by Gasteiger charge is -2.26. The molecular weight excluding hydrogens is 241 g/mol. The van der Waals surface area contributed by atoms with Gasteiger partial charge in [0.05, 0.1) is 5.69 Å². The molecule has 100 valence electrons. The summed E-state index contributed by atoms with van der Waals surface area (Å²) in [6.45, 7) is 4.95. The van der Waals surface area contributed by atoms with Gasteiger partial charge in [0.15, 0.2) is 0 Å². The summed E-state index contributed by atoms with van der Waals surface area (Å²) in [5.41, 5.74) is 9.03. The van der Waals surface area contributed by atoms with E-state index in [0.29, 0.717) is 18.8 Å². The molecule has 0 amide bonds. The Morgan fingerprint density at radius 3 is 2.63 bits per heavy atom. The van der Waals surface area contributed by atoms with Crippen molar-refractivity contribution < 1.29 is 4.39 Å². The summed E-state index contributed by atoms with van der Waals surface area (Å²) in [7, 11) is 0. The quantitative estimate of drug-likeness (QED) is 0.917. The van der Waals surface area contributed by atoms with Crippen LogP contribution in [0.15, 0.2) is 36.5 Å². The number of nitrogens with two attached hydrogens (primary N) is 1. The first-order valence-corrected chi connectivity index (χ1v) is 6.35. The van der Waals surface area contributed by atoms with Crippen LogP contribution in [0.5, 0.6) is 0 Å². The van der Waals surface area contributed by atoms with Crippen LogP contribution in [0.25, 0.3) is 0 Å². The third-order valence-electron chi connectivity index (χ3n) is 3.07. The largest absolute Gasteiger partial charge is 0.339 e. The zero-order chi connectivity index (χ0) is 13.8. The molecule has 1 heterocycles. The molecular formula is C15H18FN3. The van der Waals surface area contributed by atoms with Gasteiger partial charge in [-0.15, -0.1) is 0 Å². The molecule has 0 atom stereocenters. The lowest BCUT2D eigenvalue weighted by molar-refractivity contribution is 0.625. The first-order valence-electron chi connectivity index (χ1n) is 6.35. The Balaban J connectivity index is 2.54. The van der Waals surface area contributed by atoms with E-state index in [9.17, 15) is 4.39 Å². The van der Waals surface area contributed by atoms with Crippen LogP contribution in [-0.2, 0) is 6.54 Å². The van der Waals surface area contributed by atoms with E-state index >= 15 is 0 Å². The number of hydrogen-bond donors (Lipinski definition) is 1. The van der Waals surface area contributed by atoms with Crippen molar-refractivity contribution in [1.29, 1.82) is 0 Å². The van der Waals surface area contributed by atoms with Crippen LogP contribution >= 0.6 is 0 Å². The Labute approximate surface area is 112 Å². The third kappa shape index (κ3) is 2.74. The predicted octanol–water partition coefficient (Wildman–Crippen LogP) is 3.15. The van der Waals surface area contributed by atoms with Crippen molar-refractivity contribution in [3.8, 4) is 0 Å². The SMILES string of the molecule is CCN(c1ccccc1F)c1cc(C)ncc1CN. The van der Waals surface area contributed by atoms with Crippen LogP contribution < -0.4 is 10.6 Å². The van der Waals surface area contributed by atoms with E-state index in [2.05, 4.69) is 4.98 Å². The number of pyridine rings is 1. The summed E-state index contributed by atoms with van der Waals surface area (Å²) in [6, 6.07) is 8.70. The minimum absolute atomic E-state index is 0.234. The normalized spacial score (nSPS) is 10.5. The number of anilines is 2. The molecule has 2 N–H and O–H groups in total. The molecule has 0 bridgehead atoms. The van der Waals surface area contributed by atoms with E-state index in [-0.39, 0.29) is 5.82 Å². The molecule has 0 saturated heterocycles. The van der Waals surface area contributed by atoms with E-state index in [4.69, 9.17) is 5.73 Å². The number of benzene rings is 1. The van der Waals surface area contributed by atoms with Crippen molar-refractivity contribution in [2.45, 2.75) is 20.4 Å². The molecule has 19 heavy (non-hydrogen) atoms. The van der Waals surface area contributed by atoms with E-state index < -0.39 is 0 Å². The number of aromatic nitrogens is 1. The maximum atomic E-state index is 14.0. The van der Waals surface area contributed by atoms with Gasteiger partial charge in [0, 0.05) is 36.2 Å². The molecule has 0 radical (unpaired) electrons. The van der Waals surface area contributed by atoms with Crippen molar-refractivity contribution in [2.75, 3.05) is 11.4 Å². The average Bonchev–Trinajstić information content (AvgIpc) is 2.42. The van der Waals surface area contributed by atoms with Gasteiger partial charge < -0.3 is 10.6 Å². The topological polar surface area (TPSA) is 42.2 Å². The fourth-order valence-electron chi connectivity index (χ4n) is 2.12. The highest BCUT2D eigenvalue weighted by Crippen LogP contribution is 2.30. The first kappa shape index (κ1) is 13.5. The second-order valence-electron chi connectivity index (χ2n) is 4.35. The summed E-state index contributed by atoms with van der Waals surface area (Å²) in [5.74, 6) is -0.234. The molecule has 0 saturated carbocycles. The molecule has 4 heteroatoms. The molecule has 0 fully saturated rings. The third-order valence-corrected chi connectivity index (χ3v) is 3.07. The van der Waals surface area contributed by atoms with Gasteiger partial charge in [-0.2, -0.15) is 0 Å². The van der Waals surface area contributed by atoms with E-state index in [0.717, 1.165) is 16.9 Å². The van der Waals surface area contributed by atoms with Gasteiger partial charge >= 0.3 is 0 Å². The minimum atomic E-state index is -0.234. The maximum Gasteiger partial charge on any atom is 0.146 e. The highest BCUT2D eigenvalue weighted by molar-refractivity contribution is 5.66. The zero-order valence-corrected chi connectivity index (χ0v) is 11.2. The summed E-state index contributed by atoms with van der Waals surface area (Å²) < 4.78 is 14.0. The van der Waals surface area contributed by atoms with Crippen molar-refractivity contribution in [1.82, 2.24) is 4.98 Å². The molecule has 3 nitrogen and oxygen atoms in total. The number of nitrogens with zero attached hydrogens (tertiary/aromatic N) is 2. The lowest BCUT2D eigenvalue weighted by atomic mass is 10.1. The molecule has 0 spiro atoms. The lowest BCUT2D eigenvalue weighted by Crippen LogP contribution is -2.20. The Bertz CT molecular complexity index is 569. The van der Waals surface area contributed by atoms with Gasteiger partial charge in [0.1, 0.15) is 5.82 Å². The van der Waals surface area contributed by atoms with Crippen LogP contribution in [0.4, 0.5) is 15.8 Å². The van der Waals surface area contributed by atoms with Crippen LogP contribution in [0.2, 0.25) is 0 Å². The Hall–Kier alpha value is -1.94. The molecule has 2 rings (SSSR count). The van der Waals surface area contributed by atoms with Gasteiger partial charge in [-0.3, -0.25) is 4.98 Å². The minimum Gasteiger partial charge on any atom is -0.339 e. The predicted molar refractivity (Wildman–Crippen MR) is 75.9 cm³/mol. The van der Waals surface area contributed by atoms with Crippen LogP contribution in [0, 0.1) is 12.7 Å². The number of hydrogen-bond acceptors (Lipinski definition) is 3. The number of rotatable bonds is 4. The Morgan fingerprint density at radius 1 is 1.26 bits per heavy atom. The first-order chi connectivity index (χ1) is 9.17. The van der Waals surface area contributed by atoms with Gasteiger partial charge in [0.2, 0.25) is 0 Å². The summed E-state index contributed by atoms with van der Waals surface area (Å²) in [6.07, 6.45) is 1.76. The standard InChI is InChI=1S/C15H18FN3/c1-3-19(14-7-5-4-6-13(14)16)15-8-11(2)18-10-12(15)9-17/h4-8,10H,3,9,17H2,1-2H3. The van der Waals surface area contributed by atoms with E-state index in [1.807, 2.05) is 30.9 Å². The van der Waals surface area contributed by atoms with Gasteiger partial charge in [-0.1, -0.05) is 12.1 Å². The van der Waals surface area contributed by atoms with Gasteiger partial charge in [-0.25, -0.2) is 4.39 Å². The molecule has 2 aromatic rings. The molecule has 0 aliphatic heterocycles. The van der Waals surface area contributed by atoms with E-state index in [1.165, 1.54) is 6.07 Å². The average molecular weight is 259 g/mol. The highest BCUT2D eigenvalue weighted by Gasteiger charge is 2.15. The number of aryl methyl sites for hydroxylation is 1. The monoisotopic (exact) mass is 259 g/mol. The Kier molecular flexibility index (Phi) is 4.12. The maximum absolute atomic E-state index is 14.0. The summed E-state index contributed by atoms with van der Waals surface area (Å²) in [5, 5.41) is 0. The molecule has 1 aromatic carbocycles.